The molecule has 3 unspecified atom stereocenters. The molecule has 0 amide bonds. The van der Waals surface area contributed by atoms with E-state index in [0.717, 1.165) is 25.7 Å². The first kappa shape index (κ1) is 19.0. The largest absolute Gasteiger partial charge is 0.462 e. The maximum atomic E-state index is 13.1. The highest BCUT2D eigenvalue weighted by Crippen LogP contribution is 2.60. The number of carbonyl (C=O) groups is 2. The Morgan fingerprint density at radius 1 is 1.04 bits per heavy atom. The SMILES string of the molecule is C=C(C)C(=O)OCC1CCC(OC(=O)C23CC4CC(CC(C4)C2)C3)C(O)C1. The zero-order valence-electron chi connectivity index (χ0n) is 16.3. The van der Waals surface area contributed by atoms with Crippen molar-refractivity contribution in [2.45, 2.75) is 76.9 Å². The molecule has 0 aromatic heterocycles. The van der Waals surface area contributed by atoms with E-state index in [1.165, 1.54) is 19.3 Å². The topological polar surface area (TPSA) is 72.8 Å². The fourth-order valence-electron chi connectivity index (χ4n) is 6.43. The first-order valence-electron chi connectivity index (χ1n) is 10.6. The van der Waals surface area contributed by atoms with Crippen molar-refractivity contribution >= 4 is 11.9 Å². The van der Waals surface area contributed by atoms with Gasteiger partial charge in [-0.25, -0.2) is 4.79 Å². The van der Waals surface area contributed by atoms with E-state index in [0.29, 0.717) is 42.8 Å². The minimum absolute atomic E-state index is 0.0576. The first-order valence-corrected chi connectivity index (χ1v) is 10.6. The van der Waals surface area contributed by atoms with E-state index in [9.17, 15) is 14.7 Å². The Morgan fingerprint density at radius 3 is 2.15 bits per heavy atom. The Balaban J connectivity index is 1.30. The van der Waals surface area contributed by atoms with Crippen molar-refractivity contribution in [3.8, 4) is 0 Å². The first-order chi connectivity index (χ1) is 12.8. The number of ether oxygens (including phenoxy) is 2. The predicted molar refractivity (Wildman–Crippen MR) is 99.6 cm³/mol. The van der Waals surface area contributed by atoms with Gasteiger partial charge in [-0.2, -0.15) is 0 Å². The molecule has 0 aromatic carbocycles. The van der Waals surface area contributed by atoms with E-state index in [2.05, 4.69) is 6.58 Å². The van der Waals surface area contributed by atoms with Gasteiger partial charge in [-0.3, -0.25) is 4.79 Å². The van der Waals surface area contributed by atoms with Crippen LogP contribution in [0.4, 0.5) is 0 Å². The van der Waals surface area contributed by atoms with Crippen molar-refractivity contribution in [2.24, 2.45) is 29.1 Å². The Labute approximate surface area is 161 Å². The molecule has 27 heavy (non-hydrogen) atoms. The highest BCUT2D eigenvalue weighted by atomic mass is 16.6. The molecule has 5 fully saturated rings. The van der Waals surface area contributed by atoms with Crippen LogP contribution >= 0.6 is 0 Å². The average molecular weight is 376 g/mol. The van der Waals surface area contributed by atoms with Crippen LogP contribution in [0.2, 0.25) is 0 Å². The number of carbonyl (C=O) groups excluding carboxylic acids is 2. The van der Waals surface area contributed by atoms with E-state index in [-0.39, 0.29) is 23.3 Å². The Morgan fingerprint density at radius 2 is 1.63 bits per heavy atom. The van der Waals surface area contributed by atoms with E-state index in [4.69, 9.17) is 9.47 Å². The van der Waals surface area contributed by atoms with Crippen LogP contribution in [0.3, 0.4) is 0 Å². The lowest BCUT2D eigenvalue weighted by molar-refractivity contribution is -0.185. The van der Waals surface area contributed by atoms with Crippen molar-refractivity contribution in [1.29, 1.82) is 0 Å². The minimum atomic E-state index is -0.676. The van der Waals surface area contributed by atoms with Crippen LogP contribution in [-0.2, 0) is 19.1 Å². The van der Waals surface area contributed by atoms with Crippen molar-refractivity contribution in [2.75, 3.05) is 6.61 Å². The number of aliphatic hydroxyl groups excluding tert-OH is 1. The van der Waals surface area contributed by atoms with E-state index >= 15 is 0 Å². The smallest absolute Gasteiger partial charge is 0.333 e. The van der Waals surface area contributed by atoms with E-state index < -0.39 is 12.2 Å². The summed E-state index contributed by atoms with van der Waals surface area (Å²) in [6, 6.07) is 0. The number of aliphatic hydroxyl groups is 1. The summed E-state index contributed by atoms with van der Waals surface area (Å²) < 4.78 is 11.1. The van der Waals surface area contributed by atoms with E-state index in [1.807, 2.05) is 0 Å². The van der Waals surface area contributed by atoms with Gasteiger partial charge in [-0.05, 0) is 88.4 Å². The summed E-state index contributed by atoms with van der Waals surface area (Å²) in [4.78, 5) is 24.6. The third-order valence-electron chi connectivity index (χ3n) is 7.39. The zero-order chi connectivity index (χ0) is 19.2. The second kappa shape index (κ2) is 7.23. The van der Waals surface area contributed by atoms with Crippen LogP contribution in [-0.4, -0.2) is 35.9 Å². The third-order valence-corrected chi connectivity index (χ3v) is 7.39. The lowest BCUT2D eigenvalue weighted by Crippen LogP contribution is -2.52. The fraction of sp³-hybridized carbons (Fsp3) is 0.818. The molecule has 3 atom stereocenters. The molecular weight excluding hydrogens is 344 g/mol. The summed E-state index contributed by atoms with van der Waals surface area (Å²) in [6.45, 7) is 5.49. The maximum Gasteiger partial charge on any atom is 0.333 e. The summed E-state index contributed by atoms with van der Waals surface area (Å²) >= 11 is 0. The molecule has 4 bridgehead atoms. The number of hydrogen-bond acceptors (Lipinski definition) is 5. The van der Waals surface area contributed by atoms with Crippen molar-refractivity contribution in [3.05, 3.63) is 12.2 Å². The van der Waals surface area contributed by atoms with Crippen LogP contribution in [0.5, 0.6) is 0 Å². The molecule has 5 aliphatic rings. The predicted octanol–water partition coefficient (Wildman–Crippen LogP) is 3.39. The van der Waals surface area contributed by atoms with Gasteiger partial charge in [0, 0.05) is 5.57 Å². The Bertz CT molecular complexity index is 589. The van der Waals surface area contributed by atoms with Crippen molar-refractivity contribution in [3.63, 3.8) is 0 Å². The molecule has 5 aliphatic carbocycles. The highest BCUT2D eigenvalue weighted by Gasteiger charge is 2.56. The van der Waals surface area contributed by atoms with Crippen LogP contribution in [0.15, 0.2) is 12.2 Å². The van der Waals surface area contributed by atoms with Crippen LogP contribution in [0, 0.1) is 29.1 Å². The van der Waals surface area contributed by atoms with Gasteiger partial charge in [0.1, 0.15) is 6.10 Å². The summed E-state index contributed by atoms with van der Waals surface area (Å²) in [5.41, 5.74) is 0.108. The quantitative estimate of drug-likeness (QED) is 0.588. The molecule has 0 aromatic rings. The van der Waals surface area contributed by atoms with Crippen molar-refractivity contribution in [1.82, 2.24) is 0 Å². The number of esters is 2. The molecule has 0 aliphatic heterocycles. The molecule has 150 valence electrons. The molecule has 5 saturated carbocycles. The van der Waals surface area contributed by atoms with Gasteiger partial charge in [0.15, 0.2) is 0 Å². The van der Waals surface area contributed by atoms with Gasteiger partial charge in [0.05, 0.1) is 18.1 Å². The summed E-state index contributed by atoms with van der Waals surface area (Å²) in [7, 11) is 0. The summed E-state index contributed by atoms with van der Waals surface area (Å²) in [6.07, 6.45) is 7.68. The van der Waals surface area contributed by atoms with Gasteiger partial charge in [0.2, 0.25) is 0 Å². The van der Waals surface area contributed by atoms with Crippen LogP contribution in [0.1, 0.15) is 64.7 Å². The Hall–Kier alpha value is -1.36. The standard InChI is InChI=1S/C22H32O5/c1-13(2)20(24)26-12-14-3-4-19(18(23)8-14)27-21(25)22-9-15-5-16(10-22)7-17(6-15)11-22/h14-19,23H,1,3-12H2,2H3. The molecular formula is C22H32O5. The number of hydrogen-bond donors (Lipinski definition) is 1. The molecule has 1 N–H and O–H groups in total. The second-order valence-corrected chi connectivity index (χ2v) is 9.77. The Kier molecular flexibility index (Phi) is 5.08. The minimum Gasteiger partial charge on any atom is -0.462 e. The molecule has 0 radical (unpaired) electrons. The summed E-state index contributed by atoms with van der Waals surface area (Å²) in [5, 5.41) is 10.5. The van der Waals surface area contributed by atoms with Gasteiger partial charge in [0.25, 0.3) is 0 Å². The highest BCUT2D eigenvalue weighted by molar-refractivity contribution is 5.86. The van der Waals surface area contributed by atoms with Crippen molar-refractivity contribution < 1.29 is 24.2 Å². The molecule has 0 heterocycles. The van der Waals surface area contributed by atoms with Gasteiger partial charge >= 0.3 is 11.9 Å². The van der Waals surface area contributed by atoms with Crippen LogP contribution < -0.4 is 0 Å². The molecule has 0 saturated heterocycles. The molecule has 5 nitrogen and oxygen atoms in total. The summed E-state index contributed by atoms with van der Waals surface area (Å²) in [5.74, 6) is 1.77. The monoisotopic (exact) mass is 376 g/mol. The van der Waals surface area contributed by atoms with E-state index in [1.54, 1.807) is 6.92 Å². The molecule has 5 heteroatoms. The normalized spacial score (nSPS) is 42.6. The number of rotatable bonds is 5. The van der Waals surface area contributed by atoms with Gasteiger partial charge < -0.3 is 14.6 Å². The zero-order valence-corrected chi connectivity index (χ0v) is 16.3. The lowest BCUT2D eigenvalue weighted by atomic mass is 9.49. The molecule has 0 spiro atoms. The second-order valence-electron chi connectivity index (χ2n) is 9.77. The van der Waals surface area contributed by atoms with Gasteiger partial charge in [-0.15, -0.1) is 0 Å². The van der Waals surface area contributed by atoms with Crippen LogP contribution in [0.25, 0.3) is 0 Å². The fourth-order valence-corrected chi connectivity index (χ4v) is 6.43. The average Bonchev–Trinajstić information content (AvgIpc) is 2.60. The lowest BCUT2D eigenvalue weighted by Gasteiger charge is -2.55. The molecule has 5 rings (SSSR count). The third kappa shape index (κ3) is 3.80. The van der Waals surface area contributed by atoms with Gasteiger partial charge in [-0.1, -0.05) is 6.58 Å². The maximum absolute atomic E-state index is 13.1.